The number of methoxy groups -OCH3 is 1. The van der Waals surface area contributed by atoms with Gasteiger partial charge >= 0.3 is 11.9 Å². The van der Waals surface area contributed by atoms with E-state index in [0.29, 0.717) is 16.9 Å². The molecule has 0 fully saturated rings. The van der Waals surface area contributed by atoms with Gasteiger partial charge in [-0.15, -0.1) is 0 Å². The van der Waals surface area contributed by atoms with Crippen LogP contribution in [0.2, 0.25) is 0 Å². The molecule has 0 spiro atoms. The van der Waals surface area contributed by atoms with E-state index in [-0.39, 0.29) is 44.7 Å². The van der Waals surface area contributed by atoms with Gasteiger partial charge in [-0.1, -0.05) is 42.0 Å². The first-order chi connectivity index (χ1) is 21.4. The van der Waals surface area contributed by atoms with Crippen LogP contribution in [0.3, 0.4) is 0 Å². The summed E-state index contributed by atoms with van der Waals surface area (Å²) >= 11 is 0. The molecule has 4 aromatic carbocycles. The number of aromatic carboxylic acids is 2. The molecule has 6 aromatic rings. The monoisotopic (exact) mass is 606 g/mol. The Hall–Kier alpha value is -6.36. The molecule has 0 amide bonds. The number of pyridine rings is 2. The number of carbonyl (C=O) groups is 2. The van der Waals surface area contributed by atoms with Gasteiger partial charge in [0.25, 0.3) is 0 Å². The van der Waals surface area contributed by atoms with E-state index in [1.54, 1.807) is 43.5 Å². The highest BCUT2D eigenvalue weighted by Gasteiger charge is 2.14. The summed E-state index contributed by atoms with van der Waals surface area (Å²) in [5.74, 6) is -2.16. The highest BCUT2D eigenvalue weighted by atomic mass is 16.5. The first kappa shape index (κ1) is 30.1. The average molecular weight is 607 g/mol. The number of rotatable bonds is 5. The van der Waals surface area contributed by atoms with Gasteiger partial charge in [0.1, 0.15) is 28.6 Å². The van der Waals surface area contributed by atoms with Crippen molar-refractivity contribution in [2.24, 2.45) is 0 Å². The van der Waals surface area contributed by atoms with Crippen LogP contribution in [0.25, 0.3) is 44.1 Å². The van der Waals surface area contributed by atoms with Crippen molar-refractivity contribution in [3.8, 4) is 39.5 Å². The van der Waals surface area contributed by atoms with E-state index in [4.69, 9.17) is 14.9 Å². The standard InChI is InChI=1S/C17H13NO5.C17H13NO4/c1-23-11-4-2-9(3-5-11)10-6-12-14(19)8-13(17(21)22)18-16(12)15(20)7-10;1-9-3-2-4-10(5-9)11-6-12-14(19)8-13(17(21)22)18-16(12)15(20)7-11/h2-8,20H,1H3,(H,18,19)(H,21,22);2-8,20H,1H3,(H,18,19)(H,21,22). The van der Waals surface area contributed by atoms with Gasteiger partial charge in [-0.05, 0) is 65.6 Å². The van der Waals surface area contributed by atoms with Crippen molar-refractivity contribution in [1.82, 2.24) is 9.97 Å². The fraction of sp³-hybridized carbons (Fsp3) is 0.0588. The number of ether oxygens (including phenoxy) is 1. The van der Waals surface area contributed by atoms with Crippen LogP contribution >= 0.6 is 0 Å². The number of aryl methyl sites for hydroxylation is 1. The lowest BCUT2D eigenvalue weighted by molar-refractivity contribution is 0.0680. The normalized spacial score (nSPS) is 10.7. The van der Waals surface area contributed by atoms with Crippen LogP contribution in [0.15, 0.2) is 94.5 Å². The highest BCUT2D eigenvalue weighted by Crippen LogP contribution is 2.31. The fourth-order valence-corrected chi connectivity index (χ4v) is 4.84. The minimum atomic E-state index is -1.26. The number of H-pyrrole nitrogens is 2. The van der Waals surface area contributed by atoms with Crippen molar-refractivity contribution in [3.05, 3.63) is 122 Å². The van der Waals surface area contributed by atoms with Crippen LogP contribution in [-0.4, -0.2) is 49.4 Å². The Morgan fingerprint density at radius 1 is 0.622 bits per heavy atom. The second kappa shape index (κ2) is 12.1. The van der Waals surface area contributed by atoms with Crippen molar-refractivity contribution in [2.45, 2.75) is 6.92 Å². The van der Waals surface area contributed by atoms with Crippen LogP contribution in [0, 0.1) is 6.92 Å². The number of carboxylic acids is 2. The van der Waals surface area contributed by atoms with Crippen LogP contribution in [0.5, 0.6) is 17.2 Å². The van der Waals surface area contributed by atoms with Gasteiger partial charge < -0.3 is 35.1 Å². The van der Waals surface area contributed by atoms with E-state index >= 15 is 0 Å². The average Bonchev–Trinajstić information content (AvgIpc) is 3.01. The Kier molecular flexibility index (Phi) is 8.09. The maximum absolute atomic E-state index is 12.1. The van der Waals surface area contributed by atoms with Crippen molar-refractivity contribution >= 4 is 33.7 Å². The van der Waals surface area contributed by atoms with Gasteiger partial charge in [0.15, 0.2) is 10.9 Å². The van der Waals surface area contributed by atoms with E-state index in [1.165, 1.54) is 12.1 Å². The molecule has 11 heteroatoms. The van der Waals surface area contributed by atoms with E-state index in [9.17, 15) is 29.4 Å². The molecule has 0 saturated carbocycles. The minimum absolute atomic E-state index is 0.104. The Morgan fingerprint density at radius 3 is 1.56 bits per heavy atom. The van der Waals surface area contributed by atoms with E-state index in [1.807, 2.05) is 31.2 Å². The molecule has 226 valence electrons. The van der Waals surface area contributed by atoms with Crippen molar-refractivity contribution in [1.29, 1.82) is 0 Å². The number of aromatic amines is 2. The van der Waals surface area contributed by atoms with E-state index in [0.717, 1.165) is 28.8 Å². The van der Waals surface area contributed by atoms with Crippen LogP contribution < -0.4 is 15.6 Å². The zero-order valence-electron chi connectivity index (χ0n) is 23.9. The maximum atomic E-state index is 12.1. The number of aromatic nitrogens is 2. The third kappa shape index (κ3) is 6.22. The number of hydrogen-bond acceptors (Lipinski definition) is 7. The smallest absolute Gasteiger partial charge is 0.352 e. The number of phenolic OH excluding ortho intramolecular Hbond substituents is 2. The second-order valence-electron chi connectivity index (χ2n) is 10.1. The van der Waals surface area contributed by atoms with Gasteiger partial charge in [0, 0.05) is 22.9 Å². The minimum Gasteiger partial charge on any atom is -0.506 e. The Labute approximate surface area is 254 Å². The van der Waals surface area contributed by atoms with Crippen LogP contribution in [0.4, 0.5) is 0 Å². The Bertz CT molecular complexity index is 2230. The summed E-state index contributed by atoms with van der Waals surface area (Å²) in [6, 6.07) is 23.1. The van der Waals surface area contributed by atoms with Crippen LogP contribution in [0.1, 0.15) is 26.5 Å². The van der Waals surface area contributed by atoms with Gasteiger partial charge in [-0.2, -0.15) is 0 Å². The third-order valence-corrected chi connectivity index (χ3v) is 7.07. The molecule has 11 nitrogen and oxygen atoms in total. The predicted molar refractivity (Wildman–Crippen MR) is 169 cm³/mol. The van der Waals surface area contributed by atoms with Gasteiger partial charge in [0.2, 0.25) is 0 Å². The lowest BCUT2D eigenvalue weighted by Crippen LogP contribution is -2.09. The first-order valence-electron chi connectivity index (χ1n) is 13.4. The van der Waals surface area contributed by atoms with Gasteiger partial charge in [0.05, 0.1) is 18.1 Å². The molecule has 2 heterocycles. The molecule has 6 rings (SSSR count). The first-order valence-corrected chi connectivity index (χ1v) is 13.4. The third-order valence-electron chi connectivity index (χ3n) is 7.07. The number of benzene rings is 4. The number of phenols is 2. The molecule has 0 aliphatic rings. The van der Waals surface area contributed by atoms with Gasteiger partial charge in [-0.25, -0.2) is 9.59 Å². The molecule has 0 radical (unpaired) electrons. The quantitative estimate of drug-likeness (QED) is 0.147. The number of nitrogens with one attached hydrogen (secondary N) is 2. The van der Waals surface area contributed by atoms with Crippen molar-refractivity contribution in [3.63, 3.8) is 0 Å². The molecule has 0 aliphatic heterocycles. The second-order valence-corrected chi connectivity index (χ2v) is 10.1. The number of hydrogen-bond donors (Lipinski definition) is 6. The molecule has 0 aliphatic carbocycles. The van der Waals surface area contributed by atoms with E-state index < -0.39 is 22.8 Å². The molecule has 2 aromatic heterocycles. The molecule has 45 heavy (non-hydrogen) atoms. The van der Waals surface area contributed by atoms with Gasteiger partial charge in [-0.3, -0.25) is 9.59 Å². The lowest BCUT2D eigenvalue weighted by Gasteiger charge is -2.08. The number of aromatic hydroxyl groups is 2. The summed E-state index contributed by atoms with van der Waals surface area (Å²) in [4.78, 5) is 51.4. The highest BCUT2D eigenvalue weighted by molar-refractivity contribution is 5.95. The summed E-state index contributed by atoms with van der Waals surface area (Å²) in [6.45, 7) is 1.95. The SMILES string of the molecule is COc1ccc(-c2cc(O)c3[nH]c(C(=O)O)cc(=O)c3c2)cc1.Cc1cccc(-c2cc(O)c3[nH]c(C(=O)O)cc(=O)c3c2)c1. The zero-order chi connectivity index (χ0) is 32.4. The molecule has 0 bridgehead atoms. The Morgan fingerprint density at radius 2 is 1.11 bits per heavy atom. The zero-order valence-corrected chi connectivity index (χ0v) is 23.9. The summed E-state index contributed by atoms with van der Waals surface area (Å²) in [5.41, 5.74) is 2.86. The topological polar surface area (TPSA) is 190 Å². The molecular formula is C34H26N2O9. The number of carboxylic acid groups (broad SMARTS) is 2. The lowest BCUT2D eigenvalue weighted by atomic mass is 10.0. The molecule has 0 unspecified atom stereocenters. The fourth-order valence-electron chi connectivity index (χ4n) is 4.84. The van der Waals surface area contributed by atoms with Crippen molar-refractivity contribution in [2.75, 3.05) is 7.11 Å². The Balaban J connectivity index is 0.000000178. The van der Waals surface area contributed by atoms with E-state index in [2.05, 4.69) is 9.97 Å². The largest absolute Gasteiger partial charge is 0.506 e. The maximum Gasteiger partial charge on any atom is 0.352 e. The summed E-state index contributed by atoms with van der Waals surface area (Å²) in [7, 11) is 1.57. The summed E-state index contributed by atoms with van der Waals surface area (Å²) in [6.07, 6.45) is 0. The number of fused-ring (bicyclic) bond motifs is 2. The molecular weight excluding hydrogens is 580 g/mol. The van der Waals surface area contributed by atoms with Crippen LogP contribution in [-0.2, 0) is 0 Å². The summed E-state index contributed by atoms with van der Waals surface area (Å²) < 4.78 is 5.09. The summed E-state index contributed by atoms with van der Waals surface area (Å²) in [5, 5.41) is 38.7. The molecule has 6 N–H and O–H groups in total. The molecule has 0 saturated heterocycles. The van der Waals surface area contributed by atoms with Crippen molar-refractivity contribution < 1.29 is 34.8 Å². The predicted octanol–water partition coefficient (Wildman–Crippen LogP) is 5.51. The molecule has 0 atom stereocenters.